The Bertz CT molecular complexity index is 359. The number of imide groups is 1. The molecule has 114 valence electrons. The van der Waals surface area contributed by atoms with E-state index in [4.69, 9.17) is 4.74 Å². The molecular weight excluding hydrogens is 264 g/mol. The summed E-state index contributed by atoms with van der Waals surface area (Å²) in [4.78, 5) is 36.3. The molecule has 7 heteroatoms. The lowest BCUT2D eigenvalue weighted by atomic mass is 9.98. The van der Waals surface area contributed by atoms with Crippen molar-refractivity contribution in [2.75, 3.05) is 32.8 Å². The number of likely N-dealkylation sites (tertiary alicyclic amines) is 1. The summed E-state index contributed by atoms with van der Waals surface area (Å²) in [6.07, 6.45) is 0.863. The lowest BCUT2D eigenvalue weighted by Crippen LogP contribution is -2.45. The van der Waals surface area contributed by atoms with Gasteiger partial charge in [0.2, 0.25) is 5.91 Å². The van der Waals surface area contributed by atoms with E-state index in [1.165, 1.54) is 0 Å². The number of nitrogens with one attached hydrogen (secondary N) is 1. The topological polar surface area (TPSA) is 84.9 Å². The van der Waals surface area contributed by atoms with Crippen molar-refractivity contribution in [2.45, 2.75) is 26.7 Å². The highest BCUT2D eigenvalue weighted by molar-refractivity contribution is 5.92. The van der Waals surface area contributed by atoms with Crippen molar-refractivity contribution >= 4 is 18.0 Å². The molecule has 0 aromatic rings. The van der Waals surface area contributed by atoms with E-state index in [0.29, 0.717) is 13.2 Å². The van der Waals surface area contributed by atoms with Crippen LogP contribution >= 0.6 is 0 Å². The van der Waals surface area contributed by atoms with Gasteiger partial charge in [0.15, 0.2) is 0 Å². The molecule has 1 fully saturated rings. The maximum atomic E-state index is 11.7. The van der Waals surface area contributed by atoms with Gasteiger partial charge in [-0.1, -0.05) is 0 Å². The van der Waals surface area contributed by atoms with Crippen LogP contribution in [0.15, 0.2) is 0 Å². The summed E-state index contributed by atoms with van der Waals surface area (Å²) in [7, 11) is 0. The number of piperidine rings is 1. The van der Waals surface area contributed by atoms with Crippen LogP contribution in [-0.2, 0) is 19.1 Å². The average molecular weight is 286 g/mol. The molecule has 1 N–H and O–H groups in total. The Kier molecular flexibility index (Phi) is 7.00. The monoisotopic (exact) mass is 286 g/mol. The minimum atomic E-state index is -0.739. The minimum absolute atomic E-state index is 0.0781. The van der Waals surface area contributed by atoms with E-state index in [0.717, 1.165) is 19.4 Å². The number of carbonyl (C=O) groups excluding carboxylic acids is 3. The van der Waals surface area contributed by atoms with Gasteiger partial charge in [-0.15, -0.1) is 0 Å². The highest BCUT2D eigenvalue weighted by atomic mass is 16.5. The summed E-state index contributed by atoms with van der Waals surface area (Å²) < 4.78 is 9.62. The maximum absolute atomic E-state index is 11.7. The number of ether oxygens (including phenoxy) is 2. The van der Waals surface area contributed by atoms with Crippen LogP contribution < -0.4 is 5.32 Å². The Morgan fingerprint density at radius 1 is 1.20 bits per heavy atom. The normalized spacial score (nSPS) is 19.2. The van der Waals surface area contributed by atoms with Gasteiger partial charge in [0.1, 0.15) is 0 Å². The fourth-order valence-corrected chi connectivity index (χ4v) is 2.18. The molecule has 20 heavy (non-hydrogen) atoms. The molecule has 1 atom stereocenters. The molecule has 0 saturated carbocycles. The molecule has 0 bridgehead atoms. The van der Waals surface area contributed by atoms with E-state index in [9.17, 15) is 14.4 Å². The maximum Gasteiger partial charge on any atom is 0.413 e. The fraction of sp³-hybridized carbons (Fsp3) is 0.769. The minimum Gasteiger partial charge on any atom is -0.466 e. The van der Waals surface area contributed by atoms with Gasteiger partial charge in [-0.3, -0.25) is 19.8 Å². The first kappa shape index (κ1) is 16.4. The third-order valence-electron chi connectivity index (χ3n) is 3.01. The van der Waals surface area contributed by atoms with Gasteiger partial charge in [0, 0.05) is 6.54 Å². The molecule has 0 radical (unpaired) electrons. The molecule has 0 aromatic heterocycles. The lowest BCUT2D eigenvalue weighted by Gasteiger charge is -2.30. The van der Waals surface area contributed by atoms with Gasteiger partial charge in [-0.05, 0) is 33.2 Å². The predicted octanol–water partition coefficient (Wildman–Crippen LogP) is 0.534. The third kappa shape index (κ3) is 5.56. The Morgan fingerprint density at radius 2 is 1.90 bits per heavy atom. The zero-order valence-corrected chi connectivity index (χ0v) is 12.0. The fourth-order valence-electron chi connectivity index (χ4n) is 2.18. The first-order valence-corrected chi connectivity index (χ1v) is 6.92. The second-order valence-corrected chi connectivity index (χ2v) is 4.59. The van der Waals surface area contributed by atoms with Crippen LogP contribution in [0.4, 0.5) is 4.79 Å². The number of hydrogen-bond donors (Lipinski definition) is 1. The lowest BCUT2D eigenvalue weighted by molar-refractivity contribution is -0.150. The Balaban J connectivity index is 2.38. The van der Waals surface area contributed by atoms with Crippen molar-refractivity contribution < 1.29 is 23.9 Å². The number of esters is 1. The van der Waals surface area contributed by atoms with Crippen LogP contribution in [0.3, 0.4) is 0 Å². The van der Waals surface area contributed by atoms with Gasteiger partial charge in [0.05, 0.1) is 25.7 Å². The summed E-state index contributed by atoms with van der Waals surface area (Å²) >= 11 is 0. The Labute approximate surface area is 118 Å². The highest BCUT2D eigenvalue weighted by Crippen LogP contribution is 2.17. The molecule has 0 aromatic carbocycles. The number of hydrogen-bond acceptors (Lipinski definition) is 6. The largest absolute Gasteiger partial charge is 0.466 e. The SMILES string of the molecule is CCOC(=O)NC(=O)CN1CCC[C@@H](C(=O)OCC)C1. The first-order chi connectivity index (χ1) is 9.56. The van der Waals surface area contributed by atoms with Gasteiger partial charge in [0.25, 0.3) is 0 Å². The number of carbonyl (C=O) groups is 3. The van der Waals surface area contributed by atoms with E-state index < -0.39 is 12.0 Å². The standard InChI is InChI=1S/C13H22N2O5/c1-3-19-12(17)10-6-5-7-15(8-10)9-11(16)14-13(18)20-4-2/h10H,3-9H2,1-2H3,(H,14,16,18)/t10-/m1/s1. The van der Waals surface area contributed by atoms with Crippen LogP contribution in [0.5, 0.6) is 0 Å². The summed E-state index contributed by atoms with van der Waals surface area (Å²) in [5.74, 6) is -0.838. The number of alkyl carbamates (subject to hydrolysis) is 1. The number of rotatable bonds is 5. The number of nitrogens with zero attached hydrogens (tertiary/aromatic N) is 1. The highest BCUT2D eigenvalue weighted by Gasteiger charge is 2.27. The second-order valence-electron chi connectivity index (χ2n) is 4.59. The van der Waals surface area contributed by atoms with Gasteiger partial charge < -0.3 is 9.47 Å². The molecule has 0 aliphatic carbocycles. The Morgan fingerprint density at radius 3 is 2.55 bits per heavy atom. The van der Waals surface area contributed by atoms with Crippen molar-refractivity contribution in [1.29, 1.82) is 0 Å². The van der Waals surface area contributed by atoms with E-state index in [2.05, 4.69) is 10.1 Å². The summed E-state index contributed by atoms with van der Waals surface area (Å²) in [5, 5.41) is 2.14. The molecule has 1 aliphatic heterocycles. The van der Waals surface area contributed by atoms with E-state index in [1.54, 1.807) is 13.8 Å². The summed E-state index contributed by atoms with van der Waals surface area (Å²) in [6.45, 7) is 5.30. The Hall–Kier alpha value is -1.63. The van der Waals surface area contributed by atoms with Crippen molar-refractivity contribution in [3.63, 3.8) is 0 Å². The van der Waals surface area contributed by atoms with Crippen molar-refractivity contribution in [3.8, 4) is 0 Å². The van der Waals surface area contributed by atoms with Crippen LogP contribution in [-0.4, -0.2) is 55.7 Å². The molecule has 2 amide bonds. The van der Waals surface area contributed by atoms with Crippen LogP contribution in [0.1, 0.15) is 26.7 Å². The summed E-state index contributed by atoms with van der Waals surface area (Å²) in [6, 6.07) is 0. The molecule has 1 heterocycles. The molecular formula is C13H22N2O5. The quantitative estimate of drug-likeness (QED) is 0.742. The van der Waals surface area contributed by atoms with Gasteiger partial charge in [-0.25, -0.2) is 4.79 Å². The van der Waals surface area contributed by atoms with E-state index >= 15 is 0 Å². The zero-order chi connectivity index (χ0) is 15.0. The van der Waals surface area contributed by atoms with Gasteiger partial charge >= 0.3 is 12.1 Å². The molecule has 7 nitrogen and oxygen atoms in total. The van der Waals surface area contributed by atoms with Crippen molar-refractivity contribution in [3.05, 3.63) is 0 Å². The smallest absolute Gasteiger partial charge is 0.413 e. The predicted molar refractivity (Wildman–Crippen MR) is 71.0 cm³/mol. The molecule has 0 unspecified atom stereocenters. The van der Waals surface area contributed by atoms with Crippen molar-refractivity contribution in [1.82, 2.24) is 10.2 Å². The molecule has 1 aliphatic rings. The number of amides is 2. The third-order valence-corrected chi connectivity index (χ3v) is 3.01. The summed E-state index contributed by atoms with van der Waals surface area (Å²) in [5.41, 5.74) is 0. The first-order valence-electron chi connectivity index (χ1n) is 6.92. The molecule has 1 saturated heterocycles. The second kappa shape index (κ2) is 8.52. The zero-order valence-electron chi connectivity index (χ0n) is 12.0. The molecule has 1 rings (SSSR count). The molecule has 0 spiro atoms. The van der Waals surface area contributed by atoms with Crippen LogP contribution in [0, 0.1) is 5.92 Å². The van der Waals surface area contributed by atoms with Crippen LogP contribution in [0.2, 0.25) is 0 Å². The van der Waals surface area contributed by atoms with E-state index in [1.807, 2.05) is 4.90 Å². The van der Waals surface area contributed by atoms with Gasteiger partial charge in [-0.2, -0.15) is 0 Å². The average Bonchev–Trinajstić information content (AvgIpc) is 2.39. The van der Waals surface area contributed by atoms with E-state index in [-0.39, 0.29) is 25.0 Å². The van der Waals surface area contributed by atoms with Crippen LogP contribution in [0.25, 0.3) is 0 Å². The van der Waals surface area contributed by atoms with Crippen molar-refractivity contribution in [2.24, 2.45) is 5.92 Å².